The lowest BCUT2D eigenvalue weighted by Gasteiger charge is -2.16. The van der Waals surface area contributed by atoms with E-state index in [0.29, 0.717) is 18.1 Å². The SMILES string of the molecule is CCCNCc1ccc(OC(C)C(N)=O)c(OCC)c1. The summed E-state index contributed by atoms with van der Waals surface area (Å²) < 4.78 is 11.1. The fraction of sp³-hybridized carbons (Fsp3) is 0.533. The van der Waals surface area contributed by atoms with Gasteiger partial charge in [0.25, 0.3) is 5.91 Å². The second kappa shape index (κ2) is 8.43. The summed E-state index contributed by atoms with van der Waals surface area (Å²) in [5.41, 5.74) is 6.32. The van der Waals surface area contributed by atoms with Gasteiger partial charge in [-0.25, -0.2) is 0 Å². The summed E-state index contributed by atoms with van der Waals surface area (Å²) in [5, 5.41) is 3.33. The van der Waals surface area contributed by atoms with E-state index in [1.807, 2.05) is 25.1 Å². The van der Waals surface area contributed by atoms with E-state index in [9.17, 15) is 4.79 Å². The molecule has 0 fully saturated rings. The van der Waals surface area contributed by atoms with Crippen LogP contribution in [0.5, 0.6) is 11.5 Å². The van der Waals surface area contributed by atoms with Crippen LogP contribution in [0, 0.1) is 0 Å². The van der Waals surface area contributed by atoms with Crippen molar-refractivity contribution >= 4 is 5.91 Å². The van der Waals surface area contributed by atoms with E-state index in [2.05, 4.69) is 12.2 Å². The molecule has 0 heterocycles. The van der Waals surface area contributed by atoms with Gasteiger partial charge in [-0.1, -0.05) is 13.0 Å². The van der Waals surface area contributed by atoms with E-state index in [4.69, 9.17) is 15.2 Å². The number of carbonyl (C=O) groups excluding carboxylic acids is 1. The number of nitrogens with one attached hydrogen (secondary N) is 1. The van der Waals surface area contributed by atoms with E-state index in [1.165, 1.54) is 0 Å². The number of rotatable bonds is 9. The summed E-state index contributed by atoms with van der Waals surface area (Å²) in [6, 6.07) is 5.69. The molecular weight excluding hydrogens is 256 g/mol. The van der Waals surface area contributed by atoms with Crippen molar-refractivity contribution < 1.29 is 14.3 Å². The van der Waals surface area contributed by atoms with Crippen molar-refractivity contribution in [3.63, 3.8) is 0 Å². The minimum Gasteiger partial charge on any atom is -0.490 e. The molecule has 1 atom stereocenters. The van der Waals surface area contributed by atoms with Crippen LogP contribution in [-0.4, -0.2) is 25.2 Å². The highest BCUT2D eigenvalue weighted by atomic mass is 16.5. The topological polar surface area (TPSA) is 73.6 Å². The van der Waals surface area contributed by atoms with Crippen LogP contribution in [0.3, 0.4) is 0 Å². The molecule has 1 aromatic carbocycles. The molecule has 3 N–H and O–H groups in total. The Bertz CT molecular complexity index is 435. The first-order valence-corrected chi connectivity index (χ1v) is 7.00. The lowest BCUT2D eigenvalue weighted by molar-refractivity contribution is -0.124. The van der Waals surface area contributed by atoms with Crippen LogP contribution in [0.15, 0.2) is 18.2 Å². The molecule has 1 aromatic rings. The Morgan fingerprint density at radius 1 is 1.35 bits per heavy atom. The molecule has 0 spiro atoms. The fourth-order valence-electron chi connectivity index (χ4n) is 1.69. The van der Waals surface area contributed by atoms with E-state index in [0.717, 1.165) is 25.1 Å². The number of hydrogen-bond acceptors (Lipinski definition) is 4. The van der Waals surface area contributed by atoms with Gasteiger partial charge in [0.15, 0.2) is 17.6 Å². The highest BCUT2D eigenvalue weighted by molar-refractivity contribution is 5.78. The van der Waals surface area contributed by atoms with Gasteiger partial charge in [-0.15, -0.1) is 0 Å². The maximum absolute atomic E-state index is 11.1. The van der Waals surface area contributed by atoms with E-state index >= 15 is 0 Å². The van der Waals surface area contributed by atoms with Crippen LogP contribution < -0.4 is 20.5 Å². The largest absolute Gasteiger partial charge is 0.490 e. The summed E-state index contributed by atoms with van der Waals surface area (Å²) in [5.74, 6) is 0.676. The Kier molecular flexibility index (Phi) is 6.87. The molecule has 1 rings (SSSR count). The van der Waals surface area contributed by atoms with Crippen molar-refractivity contribution in [3.8, 4) is 11.5 Å². The van der Waals surface area contributed by atoms with Gasteiger partial charge in [0.1, 0.15) is 0 Å². The lowest BCUT2D eigenvalue weighted by Crippen LogP contribution is -2.30. The van der Waals surface area contributed by atoms with Crippen LogP contribution in [0.4, 0.5) is 0 Å². The van der Waals surface area contributed by atoms with Crippen molar-refractivity contribution in [1.82, 2.24) is 5.32 Å². The Morgan fingerprint density at radius 3 is 2.70 bits per heavy atom. The number of ether oxygens (including phenoxy) is 2. The molecule has 0 saturated heterocycles. The van der Waals surface area contributed by atoms with Crippen molar-refractivity contribution in [2.45, 2.75) is 39.8 Å². The average Bonchev–Trinajstić information content (AvgIpc) is 2.42. The van der Waals surface area contributed by atoms with Crippen LogP contribution in [0.25, 0.3) is 0 Å². The van der Waals surface area contributed by atoms with Crippen molar-refractivity contribution in [2.75, 3.05) is 13.2 Å². The standard InChI is InChI=1S/C15H24N2O3/c1-4-8-17-10-12-6-7-13(14(9-12)19-5-2)20-11(3)15(16)18/h6-7,9,11,17H,4-5,8,10H2,1-3H3,(H2,16,18). The highest BCUT2D eigenvalue weighted by Gasteiger charge is 2.14. The quantitative estimate of drug-likeness (QED) is 0.677. The summed E-state index contributed by atoms with van der Waals surface area (Å²) in [6.07, 6.45) is 0.411. The predicted molar refractivity (Wildman–Crippen MR) is 78.9 cm³/mol. The van der Waals surface area contributed by atoms with Crippen molar-refractivity contribution in [1.29, 1.82) is 0 Å². The first-order valence-electron chi connectivity index (χ1n) is 7.00. The van der Waals surface area contributed by atoms with E-state index < -0.39 is 12.0 Å². The molecular formula is C15H24N2O3. The number of nitrogens with two attached hydrogens (primary N) is 1. The number of hydrogen-bond donors (Lipinski definition) is 2. The summed E-state index contributed by atoms with van der Waals surface area (Å²) >= 11 is 0. The third-order valence-electron chi connectivity index (χ3n) is 2.77. The van der Waals surface area contributed by atoms with Crippen LogP contribution in [-0.2, 0) is 11.3 Å². The lowest BCUT2D eigenvalue weighted by atomic mass is 10.2. The van der Waals surface area contributed by atoms with Crippen LogP contribution in [0.2, 0.25) is 0 Å². The maximum Gasteiger partial charge on any atom is 0.258 e. The zero-order valence-electron chi connectivity index (χ0n) is 12.4. The number of amides is 1. The number of benzene rings is 1. The molecule has 0 bridgehead atoms. The molecule has 0 aliphatic rings. The Balaban J connectivity index is 2.81. The zero-order valence-corrected chi connectivity index (χ0v) is 12.4. The minimum atomic E-state index is -0.682. The number of carbonyl (C=O) groups is 1. The molecule has 5 nitrogen and oxygen atoms in total. The predicted octanol–water partition coefficient (Wildman–Crippen LogP) is 1.84. The molecule has 112 valence electrons. The second-order valence-corrected chi connectivity index (χ2v) is 4.55. The van der Waals surface area contributed by atoms with E-state index in [-0.39, 0.29) is 0 Å². The monoisotopic (exact) mass is 280 g/mol. The van der Waals surface area contributed by atoms with Crippen LogP contribution >= 0.6 is 0 Å². The first-order chi connectivity index (χ1) is 9.58. The maximum atomic E-state index is 11.1. The summed E-state index contributed by atoms with van der Waals surface area (Å²) in [4.78, 5) is 11.1. The van der Waals surface area contributed by atoms with Gasteiger partial charge in [-0.3, -0.25) is 4.79 Å². The minimum absolute atomic E-state index is 0.499. The van der Waals surface area contributed by atoms with Gasteiger partial charge >= 0.3 is 0 Å². The number of primary amides is 1. The van der Waals surface area contributed by atoms with Gasteiger partial charge in [0.2, 0.25) is 0 Å². The zero-order chi connectivity index (χ0) is 15.0. The summed E-state index contributed by atoms with van der Waals surface area (Å²) in [7, 11) is 0. The molecule has 0 radical (unpaired) electrons. The third kappa shape index (κ3) is 5.09. The smallest absolute Gasteiger partial charge is 0.258 e. The van der Waals surface area contributed by atoms with Crippen LogP contribution in [0.1, 0.15) is 32.8 Å². The fourth-order valence-corrected chi connectivity index (χ4v) is 1.69. The first kappa shape index (κ1) is 16.3. The molecule has 1 amide bonds. The second-order valence-electron chi connectivity index (χ2n) is 4.55. The Labute approximate surface area is 120 Å². The molecule has 0 aromatic heterocycles. The molecule has 20 heavy (non-hydrogen) atoms. The third-order valence-corrected chi connectivity index (χ3v) is 2.77. The molecule has 0 saturated carbocycles. The van der Waals surface area contributed by atoms with Gasteiger partial charge in [0.05, 0.1) is 6.61 Å². The van der Waals surface area contributed by atoms with Gasteiger partial charge in [-0.2, -0.15) is 0 Å². The Morgan fingerprint density at radius 2 is 2.10 bits per heavy atom. The molecule has 1 unspecified atom stereocenters. The van der Waals surface area contributed by atoms with Crippen molar-refractivity contribution in [3.05, 3.63) is 23.8 Å². The highest BCUT2D eigenvalue weighted by Crippen LogP contribution is 2.29. The molecule has 0 aliphatic carbocycles. The van der Waals surface area contributed by atoms with Crippen molar-refractivity contribution in [2.24, 2.45) is 5.73 Å². The van der Waals surface area contributed by atoms with Gasteiger partial charge in [-0.05, 0) is 44.5 Å². The molecule has 0 aliphatic heterocycles. The normalized spacial score (nSPS) is 11.9. The Hall–Kier alpha value is -1.75. The van der Waals surface area contributed by atoms with E-state index in [1.54, 1.807) is 6.92 Å². The summed E-state index contributed by atoms with van der Waals surface area (Å²) in [6.45, 7) is 7.94. The molecule has 5 heteroatoms. The average molecular weight is 280 g/mol. The van der Waals surface area contributed by atoms with Gasteiger partial charge in [0, 0.05) is 6.54 Å². The van der Waals surface area contributed by atoms with Gasteiger partial charge < -0.3 is 20.5 Å².